The Labute approximate surface area is 238 Å². The van der Waals surface area contributed by atoms with Gasteiger partial charge in [-0.2, -0.15) is 5.10 Å². The van der Waals surface area contributed by atoms with Crippen LogP contribution in [-0.2, 0) is 0 Å². The molecule has 0 radical (unpaired) electrons. The second kappa shape index (κ2) is 11.5. The first kappa shape index (κ1) is 27.4. The first-order valence-corrected chi connectivity index (χ1v) is 14.2. The number of carbonyl (C=O) groups is 2. The Morgan fingerprint density at radius 3 is 2.60 bits per heavy atom. The third-order valence-corrected chi connectivity index (χ3v) is 7.92. The predicted molar refractivity (Wildman–Crippen MR) is 158 cm³/mol. The van der Waals surface area contributed by atoms with Crippen molar-refractivity contribution in [2.45, 2.75) is 39.7 Å². The second-order valence-corrected chi connectivity index (χ2v) is 11.2. The van der Waals surface area contributed by atoms with Crippen molar-refractivity contribution < 1.29 is 14.3 Å². The Bertz CT molecular complexity index is 1510. The highest BCUT2D eigenvalue weighted by Crippen LogP contribution is 2.30. The summed E-state index contributed by atoms with van der Waals surface area (Å²) in [5, 5.41) is 10.3. The molecule has 10 heteroatoms. The van der Waals surface area contributed by atoms with Crippen molar-refractivity contribution >= 4 is 29.0 Å². The molecule has 3 heterocycles. The number of hydrogen-bond acceptors (Lipinski definition) is 6. The molecule has 2 aromatic heterocycles. The van der Waals surface area contributed by atoms with Gasteiger partial charge in [0.1, 0.15) is 5.75 Å². The molecule has 1 N–H and O–H groups in total. The van der Waals surface area contributed by atoms with E-state index >= 15 is 0 Å². The fourth-order valence-electron chi connectivity index (χ4n) is 4.95. The lowest BCUT2D eigenvalue weighted by molar-refractivity contribution is 0.0590. The number of urea groups is 1. The number of nitrogens with one attached hydrogen (secondary N) is 1. The Morgan fingerprint density at radius 1 is 1.12 bits per heavy atom. The summed E-state index contributed by atoms with van der Waals surface area (Å²) < 4.78 is 7.13. The van der Waals surface area contributed by atoms with Crippen molar-refractivity contribution in [1.29, 1.82) is 0 Å². The zero-order valence-electron chi connectivity index (χ0n) is 23.4. The smallest absolute Gasteiger partial charge is 0.322 e. The van der Waals surface area contributed by atoms with Crippen LogP contribution in [-0.4, -0.2) is 69.3 Å². The molecule has 40 heavy (non-hydrogen) atoms. The number of amides is 3. The number of ether oxygens (including phenoxy) is 1. The maximum atomic E-state index is 13.7. The minimum atomic E-state index is -0.158. The largest absolute Gasteiger partial charge is 0.497 e. The zero-order valence-corrected chi connectivity index (χ0v) is 24.2. The fraction of sp³-hybridized carbons (Fsp3) is 0.333. The van der Waals surface area contributed by atoms with Crippen LogP contribution in [0.3, 0.4) is 0 Å². The Kier molecular flexibility index (Phi) is 7.88. The molecule has 3 amide bonds. The lowest BCUT2D eigenvalue weighted by Gasteiger charge is -2.39. The minimum Gasteiger partial charge on any atom is -0.497 e. The standard InChI is InChI=1S/C30H34N6O3S/c1-19(2)27-25(16-31-36(27)30-33-26(18-40-30)22-7-6-8-24(15-22)39-5)28(37)34-13-14-35(21(4)17-34)29(38)32-23-11-9-20(3)10-12-23/h6-12,15-16,18-19,21H,13-14,17H2,1-5H3,(H,32,38). The van der Waals surface area contributed by atoms with E-state index in [-0.39, 0.29) is 23.9 Å². The molecule has 2 aromatic carbocycles. The highest BCUT2D eigenvalue weighted by Gasteiger charge is 2.33. The molecule has 1 atom stereocenters. The van der Waals surface area contributed by atoms with Crippen LogP contribution in [0.4, 0.5) is 10.5 Å². The number of benzene rings is 2. The normalized spacial score (nSPS) is 15.4. The molecule has 1 aliphatic rings. The summed E-state index contributed by atoms with van der Waals surface area (Å²) in [6.45, 7) is 9.43. The molecule has 5 rings (SSSR count). The quantitative estimate of drug-likeness (QED) is 0.322. The molecule has 1 fully saturated rings. The van der Waals surface area contributed by atoms with E-state index in [1.165, 1.54) is 11.3 Å². The Balaban J connectivity index is 1.31. The molecule has 208 valence electrons. The summed E-state index contributed by atoms with van der Waals surface area (Å²) in [6, 6.07) is 15.2. The van der Waals surface area contributed by atoms with Gasteiger partial charge in [-0.1, -0.05) is 43.7 Å². The van der Waals surface area contributed by atoms with Crippen LogP contribution in [0.2, 0.25) is 0 Å². The summed E-state index contributed by atoms with van der Waals surface area (Å²) in [5.74, 6) is 0.735. The van der Waals surface area contributed by atoms with E-state index in [2.05, 4.69) is 24.3 Å². The van der Waals surface area contributed by atoms with E-state index in [9.17, 15) is 9.59 Å². The minimum absolute atomic E-state index is 0.0459. The highest BCUT2D eigenvalue weighted by molar-refractivity contribution is 7.12. The van der Waals surface area contributed by atoms with Crippen molar-refractivity contribution in [1.82, 2.24) is 24.6 Å². The van der Waals surface area contributed by atoms with Gasteiger partial charge in [-0.05, 0) is 44.0 Å². The van der Waals surface area contributed by atoms with Gasteiger partial charge in [0.05, 0.1) is 30.3 Å². The Hall–Kier alpha value is -4.18. The van der Waals surface area contributed by atoms with Gasteiger partial charge >= 0.3 is 6.03 Å². The maximum absolute atomic E-state index is 13.7. The van der Waals surface area contributed by atoms with E-state index in [0.29, 0.717) is 30.3 Å². The molecule has 0 aliphatic carbocycles. The van der Waals surface area contributed by atoms with Gasteiger partial charge in [0.25, 0.3) is 5.91 Å². The van der Waals surface area contributed by atoms with Crippen LogP contribution in [0.5, 0.6) is 5.75 Å². The van der Waals surface area contributed by atoms with Crippen molar-refractivity contribution in [3.8, 4) is 22.1 Å². The van der Waals surface area contributed by atoms with Crippen LogP contribution in [0, 0.1) is 6.92 Å². The number of piperazine rings is 1. The fourth-order valence-corrected chi connectivity index (χ4v) is 5.76. The number of anilines is 1. The van der Waals surface area contributed by atoms with Crippen LogP contribution in [0.15, 0.2) is 60.1 Å². The van der Waals surface area contributed by atoms with Gasteiger partial charge < -0.3 is 19.9 Å². The van der Waals surface area contributed by atoms with E-state index < -0.39 is 0 Å². The number of carbonyl (C=O) groups excluding carboxylic acids is 2. The van der Waals surface area contributed by atoms with Crippen LogP contribution < -0.4 is 10.1 Å². The van der Waals surface area contributed by atoms with Gasteiger partial charge in [-0.15, -0.1) is 11.3 Å². The summed E-state index contributed by atoms with van der Waals surface area (Å²) in [4.78, 5) is 35.1. The van der Waals surface area contributed by atoms with Crippen molar-refractivity contribution in [2.75, 3.05) is 32.1 Å². The molecular formula is C30H34N6O3S. The third-order valence-electron chi connectivity index (χ3n) is 7.10. The molecule has 9 nitrogen and oxygen atoms in total. The van der Waals surface area contributed by atoms with Gasteiger partial charge in [0.2, 0.25) is 5.13 Å². The summed E-state index contributed by atoms with van der Waals surface area (Å²) in [5.41, 5.74) is 5.06. The molecule has 0 saturated carbocycles. The average Bonchev–Trinajstić information content (AvgIpc) is 3.62. The molecule has 1 unspecified atom stereocenters. The zero-order chi connectivity index (χ0) is 28.4. The second-order valence-electron chi connectivity index (χ2n) is 10.3. The Morgan fingerprint density at radius 2 is 1.90 bits per heavy atom. The average molecular weight is 559 g/mol. The first-order chi connectivity index (χ1) is 19.2. The van der Waals surface area contributed by atoms with Crippen LogP contribution >= 0.6 is 11.3 Å². The van der Waals surface area contributed by atoms with Gasteiger partial charge in [-0.3, -0.25) is 4.79 Å². The van der Waals surface area contributed by atoms with Crippen molar-refractivity contribution in [3.05, 3.63) is 76.9 Å². The number of nitrogens with zero attached hydrogens (tertiary/aromatic N) is 5. The van der Waals surface area contributed by atoms with Crippen LogP contribution in [0.1, 0.15) is 48.3 Å². The third kappa shape index (κ3) is 5.58. The molecule has 4 aromatic rings. The van der Waals surface area contributed by atoms with E-state index in [4.69, 9.17) is 9.72 Å². The molecule has 1 aliphatic heterocycles. The molecular weight excluding hydrogens is 524 g/mol. The summed E-state index contributed by atoms with van der Waals surface area (Å²) >= 11 is 1.48. The molecule has 0 bridgehead atoms. The number of rotatable bonds is 6. The van der Waals surface area contributed by atoms with Gasteiger partial charge in [0, 0.05) is 42.3 Å². The van der Waals surface area contributed by atoms with Gasteiger partial charge in [-0.25, -0.2) is 14.5 Å². The number of thiazole rings is 1. The summed E-state index contributed by atoms with van der Waals surface area (Å²) in [6.07, 6.45) is 1.64. The topological polar surface area (TPSA) is 92.6 Å². The lowest BCUT2D eigenvalue weighted by atomic mass is 10.0. The number of aryl methyl sites for hydroxylation is 1. The maximum Gasteiger partial charge on any atom is 0.322 e. The summed E-state index contributed by atoms with van der Waals surface area (Å²) in [7, 11) is 1.64. The van der Waals surface area contributed by atoms with E-state index in [0.717, 1.165) is 34.0 Å². The SMILES string of the molecule is COc1cccc(-c2csc(-n3ncc(C(=O)N4CCN(C(=O)Nc5ccc(C)cc5)C(C)C4)c3C(C)C)n2)c1. The van der Waals surface area contributed by atoms with Crippen molar-refractivity contribution in [3.63, 3.8) is 0 Å². The highest BCUT2D eigenvalue weighted by atomic mass is 32.1. The van der Waals surface area contributed by atoms with Crippen LogP contribution in [0.25, 0.3) is 16.4 Å². The van der Waals surface area contributed by atoms with Gasteiger partial charge in [0.15, 0.2) is 0 Å². The monoisotopic (exact) mass is 558 g/mol. The predicted octanol–water partition coefficient (Wildman–Crippen LogP) is 5.81. The number of hydrogen-bond donors (Lipinski definition) is 1. The van der Waals surface area contributed by atoms with E-state index in [1.54, 1.807) is 22.9 Å². The first-order valence-electron chi connectivity index (χ1n) is 13.4. The molecule has 0 spiro atoms. The number of methoxy groups -OCH3 is 1. The lowest BCUT2D eigenvalue weighted by Crippen LogP contribution is -2.56. The molecule has 1 saturated heterocycles. The van der Waals surface area contributed by atoms with E-state index in [1.807, 2.05) is 72.7 Å². The number of aromatic nitrogens is 3. The van der Waals surface area contributed by atoms with Crippen molar-refractivity contribution in [2.24, 2.45) is 0 Å².